The Bertz CT molecular complexity index is 1460. The van der Waals surface area contributed by atoms with Gasteiger partial charge in [0.05, 0.1) is 10.6 Å². The largest absolute Gasteiger partial charge is 0.354 e. The van der Waals surface area contributed by atoms with Crippen LogP contribution in [0, 0.1) is 25.6 Å². The maximum atomic E-state index is 14.6. The lowest BCUT2D eigenvalue weighted by atomic mass is 10.1. The number of carbonyl (C=O) groups excluding carboxylic acids is 2. The summed E-state index contributed by atoms with van der Waals surface area (Å²) in [6.07, 6.45) is 0. The number of aryl methyl sites for hydroxylation is 2. The quantitative estimate of drug-likeness (QED) is 0.322. The predicted octanol–water partition coefficient (Wildman–Crippen LogP) is 5.48. The first-order chi connectivity index (χ1) is 18.8. The molecule has 0 aliphatic heterocycles. The molecule has 0 spiro atoms. The first-order valence-corrected chi connectivity index (χ1v) is 14.8. The molecule has 0 aliphatic rings. The third-order valence-electron chi connectivity index (χ3n) is 6.61. The number of sulfonamides is 1. The highest BCUT2D eigenvalue weighted by Gasteiger charge is 2.33. The van der Waals surface area contributed by atoms with Crippen LogP contribution in [-0.2, 0) is 26.2 Å². The van der Waals surface area contributed by atoms with E-state index < -0.39 is 40.2 Å². The highest BCUT2D eigenvalue weighted by Crippen LogP contribution is 2.27. The maximum absolute atomic E-state index is 14.6. The molecule has 0 saturated carbocycles. The summed E-state index contributed by atoms with van der Waals surface area (Å²) in [5.41, 5.74) is 2.29. The Morgan fingerprint density at radius 3 is 2.20 bits per heavy atom. The van der Waals surface area contributed by atoms with Crippen LogP contribution in [0.5, 0.6) is 0 Å². The van der Waals surface area contributed by atoms with Gasteiger partial charge in [-0.05, 0) is 80.3 Å². The number of anilines is 1. The van der Waals surface area contributed by atoms with Crippen LogP contribution < -0.4 is 9.62 Å². The number of carbonyl (C=O) groups is 2. The van der Waals surface area contributed by atoms with Crippen LogP contribution in [0.1, 0.15) is 37.5 Å². The number of amides is 2. The molecule has 0 heterocycles. The Balaban J connectivity index is 2.05. The second kappa shape index (κ2) is 13.3. The van der Waals surface area contributed by atoms with E-state index in [9.17, 15) is 22.4 Å². The van der Waals surface area contributed by atoms with Crippen molar-refractivity contribution in [1.82, 2.24) is 10.2 Å². The molecular weight excluding hydrogens is 553 g/mol. The van der Waals surface area contributed by atoms with Gasteiger partial charge in [0.25, 0.3) is 10.0 Å². The summed E-state index contributed by atoms with van der Waals surface area (Å²) in [5.74, 6) is -1.44. The van der Waals surface area contributed by atoms with E-state index in [1.165, 1.54) is 47.4 Å². The molecule has 10 heteroatoms. The first-order valence-electron chi connectivity index (χ1n) is 13.0. The Morgan fingerprint density at radius 1 is 0.950 bits per heavy atom. The van der Waals surface area contributed by atoms with Gasteiger partial charge in [0.1, 0.15) is 18.4 Å². The molecule has 3 rings (SSSR count). The van der Waals surface area contributed by atoms with Crippen LogP contribution in [0.2, 0.25) is 5.02 Å². The van der Waals surface area contributed by atoms with Gasteiger partial charge in [-0.3, -0.25) is 13.9 Å². The van der Waals surface area contributed by atoms with E-state index in [2.05, 4.69) is 5.32 Å². The van der Waals surface area contributed by atoms with E-state index in [4.69, 9.17) is 11.6 Å². The standard InChI is InChI=1S/C30H35ClFN3O4S/c1-20(2)17-33-30(37)23(5)34(18-24-8-6-7-9-28(24)32)29(36)19-35(26-13-10-21(3)22(4)16-26)40(38,39)27-14-11-25(31)12-15-27/h6-16,20,23H,17-19H2,1-5H3,(H,33,37). The lowest BCUT2D eigenvalue weighted by Gasteiger charge is -2.32. The predicted molar refractivity (Wildman–Crippen MR) is 156 cm³/mol. The Kier molecular flexibility index (Phi) is 10.3. The SMILES string of the molecule is Cc1ccc(N(CC(=O)N(Cc2ccccc2F)C(C)C(=O)NCC(C)C)S(=O)(=O)c2ccc(Cl)cc2)cc1C. The average molecular weight is 588 g/mol. The van der Waals surface area contributed by atoms with Gasteiger partial charge in [0.2, 0.25) is 11.8 Å². The summed E-state index contributed by atoms with van der Waals surface area (Å²) in [6.45, 7) is 8.74. The number of hydrogen-bond acceptors (Lipinski definition) is 4. The zero-order valence-electron chi connectivity index (χ0n) is 23.3. The van der Waals surface area contributed by atoms with Gasteiger partial charge < -0.3 is 10.2 Å². The van der Waals surface area contributed by atoms with E-state index in [0.717, 1.165) is 15.4 Å². The topological polar surface area (TPSA) is 86.8 Å². The molecule has 3 aromatic carbocycles. The second-order valence-corrected chi connectivity index (χ2v) is 12.5. The summed E-state index contributed by atoms with van der Waals surface area (Å²) < 4.78 is 43.4. The molecule has 0 bridgehead atoms. The smallest absolute Gasteiger partial charge is 0.264 e. The van der Waals surface area contributed by atoms with Crippen molar-refractivity contribution in [2.75, 3.05) is 17.4 Å². The number of hydrogen-bond donors (Lipinski definition) is 1. The molecule has 1 atom stereocenters. The van der Waals surface area contributed by atoms with Gasteiger partial charge >= 0.3 is 0 Å². The van der Waals surface area contributed by atoms with E-state index >= 15 is 0 Å². The molecule has 0 aromatic heterocycles. The van der Waals surface area contributed by atoms with E-state index in [1.807, 2.05) is 27.7 Å². The molecule has 0 saturated heterocycles. The summed E-state index contributed by atoms with van der Waals surface area (Å²) in [7, 11) is -4.22. The second-order valence-electron chi connectivity index (χ2n) is 10.2. The monoisotopic (exact) mass is 587 g/mol. The normalized spacial score (nSPS) is 12.2. The number of nitrogens with one attached hydrogen (secondary N) is 1. The molecule has 2 amide bonds. The van der Waals surface area contributed by atoms with Gasteiger partial charge in [0, 0.05) is 23.7 Å². The van der Waals surface area contributed by atoms with Crippen LogP contribution in [-0.4, -0.2) is 44.3 Å². The fourth-order valence-corrected chi connectivity index (χ4v) is 5.52. The van der Waals surface area contributed by atoms with Crippen molar-refractivity contribution in [3.63, 3.8) is 0 Å². The molecule has 7 nitrogen and oxygen atoms in total. The minimum absolute atomic E-state index is 0.0497. The summed E-state index contributed by atoms with van der Waals surface area (Å²) in [6, 6.07) is 15.7. The molecule has 0 fully saturated rings. The van der Waals surface area contributed by atoms with E-state index in [-0.39, 0.29) is 28.6 Å². The third-order valence-corrected chi connectivity index (χ3v) is 8.65. The lowest BCUT2D eigenvalue weighted by Crippen LogP contribution is -2.51. The van der Waals surface area contributed by atoms with Crippen LogP contribution in [0.15, 0.2) is 71.6 Å². The fourth-order valence-electron chi connectivity index (χ4n) is 3.99. The Morgan fingerprint density at radius 2 is 1.60 bits per heavy atom. The molecule has 0 aliphatic carbocycles. The van der Waals surface area contributed by atoms with Crippen LogP contribution in [0.4, 0.5) is 10.1 Å². The molecular formula is C30H35ClFN3O4S. The van der Waals surface area contributed by atoms with Crippen molar-refractivity contribution in [1.29, 1.82) is 0 Å². The zero-order chi connectivity index (χ0) is 29.6. The van der Waals surface area contributed by atoms with Crippen molar-refractivity contribution in [3.05, 3.63) is 94.3 Å². The summed E-state index contributed by atoms with van der Waals surface area (Å²) >= 11 is 5.98. The highest BCUT2D eigenvalue weighted by molar-refractivity contribution is 7.92. The molecule has 40 heavy (non-hydrogen) atoms. The molecule has 1 unspecified atom stereocenters. The molecule has 214 valence electrons. The van der Waals surface area contributed by atoms with Gasteiger partial charge in [0.15, 0.2) is 0 Å². The lowest BCUT2D eigenvalue weighted by molar-refractivity contribution is -0.139. The third kappa shape index (κ3) is 7.61. The Hall–Kier alpha value is -3.43. The van der Waals surface area contributed by atoms with Gasteiger partial charge in [-0.25, -0.2) is 12.8 Å². The Labute approximate surface area is 241 Å². The average Bonchev–Trinajstić information content (AvgIpc) is 2.91. The van der Waals surface area contributed by atoms with E-state index in [0.29, 0.717) is 11.6 Å². The molecule has 3 aromatic rings. The van der Waals surface area contributed by atoms with Crippen molar-refractivity contribution in [2.24, 2.45) is 5.92 Å². The number of rotatable bonds is 11. The van der Waals surface area contributed by atoms with Crippen molar-refractivity contribution in [2.45, 2.75) is 52.1 Å². The molecule has 0 radical (unpaired) electrons. The van der Waals surface area contributed by atoms with Crippen molar-refractivity contribution >= 4 is 39.1 Å². The van der Waals surface area contributed by atoms with Crippen molar-refractivity contribution < 1.29 is 22.4 Å². The summed E-state index contributed by atoms with van der Waals surface area (Å²) in [5, 5.41) is 3.17. The number of halogens is 2. The molecule has 1 N–H and O–H groups in total. The minimum atomic E-state index is -4.22. The maximum Gasteiger partial charge on any atom is 0.264 e. The van der Waals surface area contributed by atoms with E-state index in [1.54, 1.807) is 31.2 Å². The minimum Gasteiger partial charge on any atom is -0.354 e. The number of nitrogens with zero attached hydrogens (tertiary/aromatic N) is 2. The van der Waals surface area contributed by atoms with Crippen LogP contribution in [0.25, 0.3) is 0 Å². The van der Waals surface area contributed by atoms with Gasteiger partial charge in [-0.1, -0.05) is 49.7 Å². The van der Waals surface area contributed by atoms with Crippen molar-refractivity contribution in [3.8, 4) is 0 Å². The number of benzene rings is 3. The van der Waals surface area contributed by atoms with Crippen LogP contribution in [0.3, 0.4) is 0 Å². The highest BCUT2D eigenvalue weighted by atomic mass is 35.5. The first kappa shape index (κ1) is 31.1. The van der Waals surface area contributed by atoms with Gasteiger partial charge in [-0.2, -0.15) is 0 Å². The zero-order valence-corrected chi connectivity index (χ0v) is 24.9. The van der Waals surface area contributed by atoms with Crippen LogP contribution >= 0.6 is 11.6 Å². The van der Waals surface area contributed by atoms with Gasteiger partial charge in [-0.15, -0.1) is 0 Å². The fraction of sp³-hybridized carbons (Fsp3) is 0.333. The summed E-state index contributed by atoms with van der Waals surface area (Å²) in [4.78, 5) is 28.1.